The topological polar surface area (TPSA) is 3.24 Å². The van der Waals surface area contributed by atoms with E-state index in [0.29, 0.717) is 0 Å². The van der Waals surface area contributed by atoms with Crippen LogP contribution in [0.1, 0.15) is 0 Å². The fourth-order valence-electron chi connectivity index (χ4n) is 7.66. The van der Waals surface area contributed by atoms with E-state index in [0.717, 1.165) is 11.4 Å². The van der Waals surface area contributed by atoms with Crippen molar-refractivity contribution in [3.05, 3.63) is 188 Å². The predicted octanol–water partition coefficient (Wildman–Crippen LogP) is 14.3. The minimum absolute atomic E-state index is 1.12. The molecule has 0 saturated heterocycles. The normalized spacial score (nSPS) is 11.6. The smallest absolute Gasteiger partial charge is 0.0640 e. The summed E-state index contributed by atoms with van der Waals surface area (Å²) in [5.74, 6) is 0. The van der Waals surface area contributed by atoms with Crippen LogP contribution in [0, 0.1) is 0 Å². The monoisotopic (exact) mass is 653 g/mol. The van der Waals surface area contributed by atoms with Crippen LogP contribution in [0.5, 0.6) is 0 Å². The second-order valence-corrected chi connectivity index (χ2v) is 14.0. The van der Waals surface area contributed by atoms with Gasteiger partial charge in [-0.15, -0.1) is 11.3 Å². The van der Waals surface area contributed by atoms with E-state index in [4.69, 9.17) is 0 Å². The molecule has 0 N–H and O–H groups in total. The number of hydrogen-bond donors (Lipinski definition) is 0. The molecule has 0 saturated carbocycles. The first-order chi connectivity index (χ1) is 24.8. The van der Waals surface area contributed by atoms with Gasteiger partial charge >= 0.3 is 0 Å². The van der Waals surface area contributed by atoms with E-state index in [9.17, 15) is 0 Å². The minimum atomic E-state index is 1.12. The molecule has 2 heteroatoms. The summed E-state index contributed by atoms with van der Waals surface area (Å²) in [6.45, 7) is 0. The van der Waals surface area contributed by atoms with E-state index in [1.54, 1.807) is 0 Å². The number of rotatable bonds is 5. The van der Waals surface area contributed by atoms with E-state index in [2.05, 4.69) is 193 Å². The summed E-state index contributed by atoms with van der Waals surface area (Å²) >= 11 is 1.87. The molecule has 0 bridgehead atoms. The zero-order chi connectivity index (χ0) is 33.0. The quantitative estimate of drug-likeness (QED) is 0.167. The standard InChI is InChI=1S/C48H31NS/c1-2-13-34-30-35(25-24-32(34)12-1)33-26-28-37(29-27-33)49(46-22-11-20-43-42-19-8-10-23-47(42)50-48(43)46)45-21-9-7-18-41(45)44-31-36-14-3-4-15-38(36)39-16-5-6-17-40(39)44/h1-31H. The van der Waals surface area contributed by atoms with Gasteiger partial charge < -0.3 is 4.90 Å². The number of benzene rings is 9. The Labute approximate surface area is 294 Å². The van der Waals surface area contributed by atoms with Gasteiger partial charge in [0.2, 0.25) is 0 Å². The van der Waals surface area contributed by atoms with E-state index in [1.807, 2.05) is 11.3 Å². The summed E-state index contributed by atoms with van der Waals surface area (Å²) in [6, 6.07) is 68.8. The van der Waals surface area contributed by atoms with Crippen molar-refractivity contribution < 1.29 is 0 Å². The lowest BCUT2D eigenvalue weighted by molar-refractivity contribution is 1.30. The Bertz CT molecular complexity index is 2880. The van der Waals surface area contributed by atoms with Crippen molar-refractivity contribution in [1.29, 1.82) is 0 Å². The third kappa shape index (κ3) is 4.69. The maximum Gasteiger partial charge on any atom is 0.0640 e. The van der Waals surface area contributed by atoms with Crippen molar-refractivity contribution in [1.82, 2.24) is 0 Å². The van der Waals surface area contributed by atoms with Crippen molar-refractivity contribution in [3.63, 3.8) is 0 Å². The molecule has 0 fully saturated rings. The molecule has 0 unspecified atom stereocenters. The van der Waals surface area contributed by atoms with Gasteiger partial charge in [-0.2, -0.15) is 0 Å². The highest BCUT2D eigenvalue weighted by Crippen LogP contribution is 2.48. The van der Waals surface area contributed by atoms with Gasteiger partial charge in [-0.1, -0.05) is 146 Å². The summed E-state index contributed by atoms with van der Waals surface area (Å²) in [5.41, 5.74) is 8.31. The van der Waals surface area contributed by atoms with Gasteiger partial charge in [-0.05, 0) is 91.5 Å². The van der Waals surface area contributed by atoms with Crippen molar-refractivity contribution in [2.45, 2.75) is 0 Å². The van der Waals surface area contributed by atoms with Crippen molar-refractivity contribution in [2.24, 2.45) is 0 Å². The highest BCUT2D eigenvalue weighted by molar-refractivity contribution is 7.26. The zero-order valence-electron chi connectivity index (χ0n) is 27.3. The second-order valence-electron chi connectivity index (χ2n) is 12.9. The molecule has 0 atom stereocenters. The first-order valence-corrected chi connectivity index (χ1v) is 17.9. The Morgan fingerprint density at radius 2 is 0.960 bits per heavy atom. The number of para-hydroxylation sites is 1. The Hall–Kier alpha value is -6.22. The van der Waals surface area contributed by atoms with Crippen LogP contribution in [0.25, 0.3) is 74.7 Å². The van der Waals surface area contributed by atoms with Crippen LogP contribution in [-0.2, 0) is 0 Å². The van der Waals surface area contributed by atoms with E-state index in [-0.39, 0.29) is 0 Å². The average molecular weight is 654 g/mol. The molecule has 10 aromatic rings. The molecular weight excluding hydrogens is 623 g/mol. The summed E-state index contributed by atoms with van der Waals surface area (Å²) in [7, 11) is 0. The van der Waals surface area contributed by atoms with Gasteiger partial charge in [0, 0.05) is 26.7 Å². The maximum absolute atomic E-state index is 2.47. The van der Waals surface area contributed by atoms with E-state index >= 15 is 0 Å². The maximum atomic E-state index is 2.47. The van der Waals surface area contributed by atoms with Gasteiger partial charge in [-0.25, -0.2) is 0 Å². The summed E-state index contributed by atoms with van der Waals surface area (Å²) < 4.78 is 2.58. The van der Waals surface area contributed by atoms with Gasteiger partial charge in [0.1, 0.15) is 0 Å². The third-order valence-electron chi connectivity index (χ3n) is 10.0. The van der Waals surface area contributed by atoms with Crippen LogP contribution in [-0.4, -0.2) is 0 Å². The Morgan fingerprint density at radius 1 is 0.340 bits per heavy atom. The van der Waals surface area contributed by atoms with Crippen molar-refractivity contribution >= 4 is 80.9 Å². The predicted molar refractivity (Wildman–Crippen MR) is 217 cm³/mol. The summed E-state index contributed by atoms with van der Waals surface area (Å²) in [5, 5.41) is 10.1. The minimum Gasteiger partial charge on any atom is -0.308 e. The van der Waals surface area contributed by atoms with Crippen LogP contribution in [0.4, 0.5) is 17.1 Å². The molecule has 1 aromatic heterocycles. The molecule has 50 heavy (non-hydrogen) atoms. The molecule has 0 spiro atoms. The lowest BCUT2D eigenvalue weighted by Crippen LogP contribution is -2.11. The number of thiophene rings is 1. The fourth-order valence-corrected chi connectivity index (χ4v) is 8.87. The number of anilines is 3. The summed E-state index contributed by atoms with van der Waals surface area (Å²) in [6.07, 6.45) is 0. The van der Waals surface area contributed by atoms with E-state index in [1.165, 1.54) is 80.4 Å². The Kier molecular flexibility index (Phi) is 6.75. The molecule has 0 aliphatic carbocycles. The number of hydrogen-bond acceptors (Lipinski definition) is 2. The highest BCUT2D eigenvalue weighted by Gasteiger charge is 2.22. The van der Waals surface area contributed by atoms with Crippen LogP contribution in [0.3, 0.4) is 0 Å². The van der Waals surface area contributed by atoms with Gasteiger partial charge in [0.25, 0.3) is 0 Å². The highest BCUT2D eigenvalue weighted by atomic mass is 32.1. The summed E-state index contributed by atoms with van der Waals surface area (Å²) in [4.78, 5) is 2.47. The third-order valence-corrected chi connectivity index (χ3v) is 11.2. The Morgan fingerprint density at radius 3 is 1.82 bits per heavy atom. The lowest BCUT2D eigenvalue weighted by atomic mass is 9.92. The molecule has 0 aliphatic rings. The van der Waals surface area contributed by atoms with E-state index < -0.39 is 0 Å². The first-order valence-electron chi connectivity index (χ1n) is 17.1. The molecule has 1 nitrogen and oxygen atoms in total. The van der Waals surface area contributed by atoms with Gasteiger partial charge in [0.05, 0.1) is 16.1 Å². The first kappa shape index (κ1) is 28.8. The molecular formula is C48H31NS. The molecule has 234 valence electrons. The van der Waals surface area contributed by atoms with Crippen LogP contribution >= 0.6 is 11.3 Å². The van der Waals surface area contributed by atoms with Crippen molar-refractivity contribution in [2.75, 3.05) is 4.90 Å². The largest absolute Gasteiger partial charge is 0.308 e. The van der Waals surface area contributed by atoms with Crippen LogP contribution in [0.15, 0.2) is 188 Å². The number of fused-ring (bicyclic) bond motifs is 7. The molecule has 0 aliphatic heterocycles. The second kappa shape index (κ2) is 11.7. The van der Waals surface area contributed by atoms with Gasteiger partial charge in [0.15, 0.2) is 0 Å². The molecule has 0 radical (unpaired) electrons. The number of nitrogens with zero attached hydrogens (tertiary/aromatic N) is 1. The fraction of sp³-hybridized carbons (Fsp3) is 0. The van der Waals surface area contributed by atoms with Gasteiger partial charge in [-0.3, -0.25) is 0 Å². The van der Waals surface area contributed by atoms with Crippen molar-refractivity contribution in [3.8, 4) is 22.3 Å². The zero-order valence-corrected chi connectivity index (χ0v) is 28.1. The molecule has 0 amide bonds. The SMILES string of the molecule is c1ccc(N(c2ccc(-c3ccc4ccccc4c3)cc2)c2cccc3c2sc2ccccc23)c(-c2cc3ccccc3c3ccccc23)c1. The lowest BCUT2D eigenvalue weighted by Gasteiger charge is -2.29. The molecule has 10 rings (SSSR count). The van der Waals surface area contributed by atoms with Crippen LogP contribution in [0.2, 0.25) is 0 Å². The molecule has 9 aromatic carbocycles. The average Bonchev–Trinajstić information content (AvgIpc) is 3.58. The molecule has 1 heterocycles. The Balaban J connectivity index is 1.21. The van der Waals surface area contributed by atoms with Crippen LogP contribution < -0.4 is 4.90 Å².